The Morgan fingerprint density at radius 2 is 1.91 bits per heavy atom. The van der Waals surface area contributed by atoms with Gasteiger partial charge in [0.1, 0.15) is 0 Å². The van der Waals surface area contributed by atoms with E-state index in [1.807, 2.05) is 0 Å². The molecule has 0 rings (SSSR count). The van der Waals surface area contributed by atoms with E-state index in [9.17, 15) is 4.57 Å². The summed E-state index contributed by atoms with van der Waals surface area (Å²) in [6, 6.07) is 0. The van der Waals surface area contributed by atoms with Crippen molar-refractivity contribution >= 4 is 7.60 Å². The summed E-state index contributed by atoms with van der Waals surface area (Å²) in [6.45, 7) is 0.668. The molecule has 0 atom stereocenters. The molecule has 0 aliphatic rings. The molecule has 0 aliphatic heterocycles. The van der Waals surface area contributed by atoms with Crippen LogP contribution >= 0.6 is 7.60 Å². The Morgan fingerprint density at radius 3 is 2.36 bits per heavy atom. The molecule has 0 saturated carbocycles. The van der Waals surface area contributed by atoms with Crippen LogP contribution in [0, 0.1) is 0 Å². The zero-order chi connectivity index (χ0) is 8.74. The van der Waals surface area contributed by atoms with E-state index in [4.69, 9.17) is 14.5 Å². The molecule has 0 amide bonds. The fourth-order valence-corrected chi connectivity index (χ4v) is 1.38. The van der Waals surface area contributed by atoms with Gasteiger partial charge >= 0.3 is 7.60 Å². The summed E-state index contributed by atoms with van der Waals surface area (Å²) in [5.41, 5.74) is 0. The van der Waals surface area contributed by atoms with Gasteiger partial charge in [0.15, 0.2) is 0 Å². The first kappa shape index (κ1) is 11.1. The van der Waals surface area contributed by atoms with E-state index < -0.39 is 7.60 Å². The fourth-order valence-electron chi connectivity index (χ4n) is 0.741. The number of rotatable bonds is 6. The van der Waals surface area contributed by atoms with E-state index in [0.29, 0.717) is 13.0 Å². The Balaban J connectivity index is 3.09. The second kappa shape index (κ2) is 5.72. The van der Waals surface area contributed by atoms with Gasteiger partial charge in [-0.3, -0.25) is 4.57 Å². The van der Waals surface area contributed by atoms with Gasteiger partial charge in [0.25, 0.3) is 0 Å². The lowest BCUT2D eigenvalue weighted by Gasteiger charge is -2.02. The minimum atomic E-state index is -3.76. The van der Waals surface area contributed by atoms with Crippen molar-refractivity contribution in [3.8, 4) is 0 Å². The second-order valence-corrected chi connectivity index (χ2v) is 4.22. The number of ether oxygens (including phenoxy) is 1. The van der Waals surface area contributed by atoms with Crippen molar-refractivity contribution in [1.82, 2.24) is 0 Å². The van der Waals surface area contributed by atoms with Crippen LogP contribution in [0.3, 0.4) is 0 Å². The van der Waals surface area contributed by atoms with Gasteiger partial charge in [-0.1, -0.05) is 6.42 Å². The third-order valence-corrected chi connectivity index (χ3v) is 2.20. The topological polar surface area (TPSA) is 66.8 Å². The van der Waals surface area contributed by atoms with Crippen LogP contribution < -0.4 is 0 Å². The predicted octanol–water partition coefficient (Wildman–Crippen LogP) is 0.981. The van der Waals surface area contributed by atoms with Gasteiger partial charge in [-0.2, -0.15) is 0 Å². The molecule has 0 aliphatic carbocycles. The summed E-state index contributed by atoms with van der Waals surface area (Å²) >= 11 is 0. The van der Waals surface area contributed by atoms with Crippen molar-refractivity contribution in [2.24, 2.45) is 0 Å². The molecule has 5 heteroatoms. The maximum Gasteiger partial charge on any atom is 0.325 e. The van der Waals surface area contributed by atoms with E-state index in [2.05, 4.69) is 0 Å². The lowest BCUT2D eigenvalue weighted by molar-refractivity contribution is 0.192. The van der Waals surface area contributed by atoms with E-state index >= 15 is 0 Å². The van der Waals surface area contributed by atoms with Crippen LogP contribution in [0.25, 0.3) is 0 Å². The lowest BCUT2D eigenvalue weighted by atomic mass is 10.3. The van der Waals surface area contributed by atoms with Crippen molar-refractivity contribution < 1.29 is 19.1 Å². The van der Waals surface area contributed by atoms with E-state index in [1.54, 1.807) is 7.11 Å². The highest BCUT2D eigenvalue weighted by atomic mass is 31.2. The Kier molecular flexibility index (Phi) is 5.78. The van der Waals surface area contributed by atoms with Gasteiger partial charge in [0, 0.05) is 19.9 Å². The van der Waals surface area contributed by atoms with E-state index in [1.165, 1.54) is 0 Å². The van der Waals surface area contributed by atoms with Gasteiger partial charge in [0.05, 0.1) is 0 Å². The first-order chi connectivity index (χ1) is 5.06. The van der Waals surface area contributed by atoms with Crippen LogP contribution in [-0.4, -0.2) is 29.7 Å². The Morgan fingerprint density at radius 1 is 1.27 bits per heavy atom. The third-order valence-electron chi connectivity index (χ3n) is 1.30. The average molecular weight is 182 g/mol. The van der Waals surface area contributed by atoms with Crippen molar-refractivity contribution in [3.63, 3.8) is 0 Å². The maximum absolute atomic E-state index is 10.3. The minimum Gasteiger partial charge on any atom is -0.385 e. The molecule has 0 spiro atoms. The molecule has 0 aromatic heterocycles. The molecule has 0 aromatic rings. The largest absolute Gasteiger partial charge is 0.385 e. The average Bonchev–Trinajstić information content (AvgIpc) is 1.85. The predicted molar refractivity (Wildman–Crippen MR) is 42.6 cm³/mol. The van der Waals surface area contributed by atoms with Crippen molar-refractivity contribution in [2.45, 2.75) is 19.3 Å². The number of unbranched alkanes of at least 4 members (excludes halogenated alkanes) is 2. The molecule has 0 fully saturated rings. The zero-order valence-electron chi connectivity index (χ0n) is 6.69. The van der Waals surface area contributed by atoms with Crippen LogP contribution in [0.2, 0.25) is 0 Å². The van der Waals surface area contributed by atoms with Crippen LogP contribution in [-0.2, 0) is 9.30 Å². The van der Waals surface area contributed by atoms with E-state index in [0.717, 1.165) is 12.8 Å². The minimum absolute atomic E-state index is 0.00326. The molecule has 0 radical (unpaired) electrons. The standard InChI is InChI=1S/C6H15O4P/c1-10-5-3-2-4-6-11(7,8)9/h2-6H2,1H3,(H2,7,8,9). The van der Waals surface area contributed by atoms with Gasteiger partial charge in [-0.25, -0.2) is 0 Å². The molecule has 0 heterocycles. The highest BCUT2D eigenvalue weighted by Gasteiger charge is 2.10. The van der Waals surface area contributed by atoms with Gasteiger partial charge < -0.3 is 14.5 Å². The highest BCUT2D eigenvalue weighted by Crippen LogP contribution is 2.35. The Hall–Kier alpha value is 0.110. The monoisotopic (exact) mass is 182 g/mol. The number of hydrogen-bond acceptors (Lipinski definition) is 2. The second-order valence-electron chi connectivity index (χ2n) is 2.44. The quantitative estimate of drug-likeness (QED) is 0.474. The van der Waals surface area contributed by atoms with Gasteiger partial charge in [-0.05, 0) is 12.8 Å². The van der Waals surface area contributed by atoms with Crippen molar-refractivity contribution in [1.29, 1.82) is 0 Å². The Bertz CT molecular complexity index is 131. The maximum atomic E-state index is 10.3. The summed E-state index contributed by atoms with van der Waals surface area (Å²) in [7, 11) is -2.14. The smallest absolute Gasteiger partial charge is 0.325 e. The highest BCUT2D eigenvalue weighted by molar-refractivity contribution is 7.51. The molecule has 0 bridgehead atoms. The lowest BCUT2D eigenvalue weighted by Crippen LogP contribution is -1.91. The molecular formula is C6H15O4P. The molecule has 0 aromatic carbocycles. The SMILES string of the molecule is COCCCCCP(=O)(O)O. The van der Waals surface area contributed by atoms with Crippen molar-refractivity contribution in [3.05, 3.63) is 0 Å². The van der Waals surface area contributed by atoms with E-state index in [-0.39, 0.29) is 6.16 Å². The number of hydrogen-bond donors (Lipinski definition) is 2. The normalized spacial score (nSPS) is 11.9. The molecule has 2 N–H and O–H groups in total. The fraction of sp³-hybridized carbons (Fsp3) is 1.00. The Labute approximate surface area is 66.7 Å². The van der Waals surface area contributed by atoms with Gasteiger partial charge in [-0.15, -0.1) is 0 Å². The van der Waals surface area contributed by atoms with Crippen LogP contribution in [0.15, 0.2) is 0 Å². The zero-order valence-corrected chi connectivity index (χ0v) is 7.59. The first-order valence-electron chi connectivity index (χ1n) is 3.60. The van der Waals surface area contributed by atoms with Gasteiger partial charge in [0.2, 0.25) is 0 Å². The summed E-state index contributed by atoms with van der Waals surface area (Å²) in [4.78, 5) is 16.9. The summed E-state index contributed by atoms with van der Waals surface area (Å²) < 4.78 is 15.1. The van der Waals surface area contributed by atoms with Crippen LogP contribution in [0.5, 0.6) is 0 Å². The molecule has 11 heavy (non-hydrogen) atoms. The van der Waals surface area contributed by atoms with Crippen LogP contribution in [0.4, 0.5) is 0 Å². The summed E-state index contributed by atoms with van der Waals surface area (Å²) in [5, 5.41) is 0. The first-order valence-corrected chi connectivity index (χ1v) is 5.39. The summed E-state index contributed by atoms with van der Waals surface area (Å²) in [5.74, 6) is 0. The molecular weight excluding hydrogens is 167 g/mol. The summed E-state index contributed by atoms with van der Waals surface area (Å²) in [6.07, 6.45) is 2.26. The number of methoxy groups -OCH3 is 1. The third kappa shape index (κ3) is 10.1. The molecule has 0 saturated heterocycles. The molecule has 0 unspecified atom stereocenters. The molecule has 4 nitrogen and oxygen atoms in total. The van der Waals surface area contributed by atoms with Crippen LogP contribution in [0.1, 0.15) is 19.3 Å². The molecule has 68 valence electrons. The van der Waals surface area contributed by atoms with Crippen molar-refractivity contribution in [2.75, 3.05) is 19.9 Å².